The van der Waals surface area contributed by atoms with E-state index in [0.29, 0.717) is 0 Å². The van der Waals surface area contributed by atoms with Crippen LogP contribution in [-0.4, -0.2) is 18.2 Å². The molecule has 0 heterocycles. The molecular weight excluding hydrogens is 144 g/mol. The molecule has 11 heavy (non-hydrogen) atoms. The van der Waals surface area contributed by atoms with Gasteiger partial charge < -0.3 is 16.2 Å². The monoisotopic (exact) mass is 158 g/mol. The molecule has 1 rings (SSSR count). The summed E-state index contributed by atoms with van der Waals surface area (Å²) in [7, 11) is 0. The Balaban J connectivity index is 2.28. The number of hydrogen-bond acceptors (Lipinski definition) is 3. The van der Waals surface area contributed by atoms with Gasteiger partial charge in [-0.05, 0) is 12.8 Å². The third kappa shape index (κ3) is 2.38. The Morgan fingerprint density at radius 3 is 2.45 bits per heavy atom. The molecular formula is C7H14N2O2. The van der Waals surface area contributed by atoms with E-state index in [9.17, 15) is 4.79 Å². The molecule has 0 aliphatic heterocycles. The molecule has 1 saturated carbocycles. The van der Waals surface area contributed by atoms with E-state index in [2.05, 4.69) is 4.74 Å². The van der Waals surface area contributed by atoms with Crippen LogP contribution in [0.15, 0.2) is 0 Å². The minimum Gasteiger partial charge on any atom is -0.448 e. The van der Waals surface area contributed by atoms with E-state index in [1.165, 1.54) is 0 Å². The first-order valence-corrected chi connectivity index (χ1v) is 3.83. The van der Waals surface area contributed by atoms with E-state index in [1.807, 2.05) is 0 Å². The molecule has 4 heteroatoms. The molecule has 64 valence electrons. The fraction of sp³-hybridized carbons (Fsp3) is 0.857. The third-order valence-corrected chi connectivity index (χ3v) is 2.10. The molecule has 0 aromatic carbocycles. The number of nitrogens with two attached hydrogens (primary N) is 2. The molecule has 4 nitrogen and oxygen atoms in total. The van der Waals surface area contributed by atoms with Crippen molar-refractivity contribution < 1.29 is 9.53 Å². The molecule has 4 N–H and O–H groups in total. The standard InChI is InChI=1S/C7H14N2O2/c8-6(10)11-5-7(9)3-1-2-4-7/h1-5,9H2,(H2,8,10). The van der Waals surface area contributed by atoms with Crippen molar-refractivity contribution in [1.82, 2.24) is 0 Å². The maximum Gasteiger partial charge on any atom is 0.404 e. The van der Waals surface area contributed by atoms with Crippen molar-refractivity contribution in [2.45, 2.75) is 31.2 Å². The second-order valence-electron chi connectivity index (χ2n) is 3.18. The normalized spacial score (nSPS) is 21.5. The highest BCUT2D eigenvalue weighted by molar-refractivity contribution is 5.64. The zero-order valence-corrected chi connectivity index (χ0v) is 6.51. The molecule has 0 aromatic rings. The van der Waals surface area contributed by atoms with Crippen LogP contribution in [0.1, 0.15) is 25.7 Å². The Hall–Kier alpha value is -0.770. The number of carbonyl (C=O) groups excluding carboxylic acids is 1. The number of carbonyl (C=O) groups is 1. The predicted molar refractivity (Wildman–Crippen MR) is 40.9 cm³/mol. The lowest BCUT2D eigenvalue weighted by atomic mass is 10.0. The van der Waals surface area contributed by atoms with E-state index in [4.69, 9.17) is 11.5 Å². The number of amides is 1. The summed E-state index contributed by atoms with van der Waals surface area (Å²) in [5.41, 5.74) is 10.4. The zero-order valence-electron chi connectivity index (χ0n) is 6.51. The summed E-state index contributed by atoms with van der Waals surface area (Å²) < 4.78 is 4.64. The van der Waals surface area contributed by atoms with Crippen LogP contribution in [0.2, 0.25) is 0 Å². The second kappa shape index (κ2) is 3.09. The number of ether oxygens (including phenoxy) is 1. The third-order valence-electron chi connectivity index (χ3n) is 2.10. The van der Waals surface area contributed by atoms with Crippen LogP contribution < -0.4 is 11.5 Å². The van der Waals surface area contributed by atoms with Crippen LogP contribution in [0, 0.1) is 0 Å². The van der Waals surface area contributed by atoms with E-state index in [0.717, 1.165) is 25.7 Å². The second-order valence-corrected chi connectivity index (χ2v) is 3.18. The SMILES string of the molecule is NC(=O)OCC1(N)CCCC1. The van der Waals surface area contributed by atoms with Gasteiger partial charge in [0.1, 0.15) is 6.61 Å². The summed E-state index contributed by atoms with van der Waals surface area (Å²) in [6.07, 6.45) is 3.37. The molecule has 0 saturated heterocycles. The van der Waals surface area contributed by atoms with Crippen molar-refractivity contribution in [3.8, 4) is 0 Å². The molecule has 1 aliphatic rings. The van der Waals surface area contributed by atoms with Gasteiger partial charge in [-0.25, -0.2) is 4.79 Å². The molecule has 0 radical (unpaired) electrons. The lowest BCUT2D eigenvalue weighted by Crippen LogP contribution is -2.42. The number of hydrogen-bond donors (Lipinski definition) is 2. The van der Waals surface area contributed by atoms with Crippen molar-refractivity contribution in [2.24, 2.45) is 11.5 Å². The van der Waals surface area contributed by atoms with Crippen molar-refractivity contribution in [3.63, 3.8) is 0 Å². The Morgan fingerprint density at radius 1 is 1.45 bits per heavy atom. The van der Waals surface area contributed by atoms with Crippen molar-refractivity contribution in [3.05, 3.63) is 0 Å². The van der Waals surface area contributed by atoms with Gasteiger partial charge in [0, 0.05) is 0 Å². The first kappa shape index (κ1) is 8.33. The average molecular weight is 158 g/mol. The Bertz CT molecular complexity index is 153. The first-order valence-electron chi connectivity index (χ1n) is 3.83. The lowest BCUT2D eigenvalue weighted by Gasteiger charge is -2.21. The zero-order chi connectivity index (χ0) is 8.32. The van der Waals surface area contributed by atoms with Gasteiger partial charge in [0.2, 0.25) is 0 Å². The smallest absolute Gasteiger partial charge is 0.404 e. The number of primary amides is 1. The van der Waals surface area contributed by atoms with Gasteiger partial charge in [0.05, 0.1) is 5.54 Å². The average Bonchev–Trinajstić information content (AvgIpc) is 2.33. The summed E-state index contributed by atoms with van der Waals surface area (Å²) in [5, 5.41) is 0. The number of rotatable bonds is 2. The van der Waals surface area contributed by atoms with Gasteiger partial charge >= 0.3 is 6.09 Å². The van der Waals surface area contributed by atoms with Gasteiger partial charge in [-0.2, -0.15) is 0 Å². The summed E-state index contributed by atoms with van der Waals surface area (Å²) in [4.78, 5) is 10.2. The molecule has 0 atom stereocenters. The highest BCUT2D eigenvalue weighted by Gasteiger charge is 2.30. The molecule has 1 aliphatic carbocycles. The molecule has 1 fully saturated rings. The summed E-state index contributed by atoms with van der Waals surface area (Å²) in [6.45, 7) is 0.266. The summed E-state index contributed by atoms with van der Waals surface area (Å²) >= 11 is 0. The molecule has 0 unspecified atom stereocenters. The Labute approximate surface area is 65.9 Å². The van der Waals surface area contributed by atoms with E-state index < -0.39 is 6.09 Å². The van der Waals surface area contributed by atoms with Gasteiger partial charge in [0.25, 0.3) is 0 Å². The maximum absolute atomic E-state index is 10.2. The summed E-state index contributed by atoms with van der Waals surface area (Å²) in [5.74, 6) is 0. The van der Waals surface area contributed by atoms with Crippen LogP contribution in [-0.2, 0) is 4.74 Å². The predicted octanol–water partition coefficient (Wildman–Crippen LogP) is 0.353. The van der Waals surface area contributed by atoms with Gasteiger partial charge in [0.15, 0.2) is 0 Å². The topological polar surface area (TPSA) is 78.3 Å². The van der Waals surface area contributed by atoms with Crippen LogP contribution >= 0.6 is 0 Å². The first-order chi connectivity index (χ1) is 5.12. The fourth-order valence-corrected chi connectivity index (χ4v) is 1.44. The van der Waals surface area contributed by atoms with Crippen LogP contribution in [0.5, 0.6) is 0 Å². The van der Waals surface area contributed by atoms with Crippen molar-refractivity contribution in [1.29, 1.82) is 0 Å². The van der Waals surface area contributed by atoms with Crippen LogP contribution in [0.25, 0.3) is 0 Å². The highest BCUT2D eigenvalue weighted by Crippen LogP contribution is 2.27. The van der Waals surface area contributed by atoms with E-state index in [-0.39, 0.29) is 12.1 Å². The Morgan fingerprint density at radius 2 is 2.00 bits per heavy atom. The van der Waals surface area contributed by atoms with Crippen molar-refractivity contribution in [2.75, 3.05) is 6.61 Å². The quantitative estimate of drug-likeness (QED) is 0.608. The van der Waals surface area contributed by atoms with E-state index >= 15 is 0 Å². The van der Waals surface area contributed by atoms with Gasteiger partial charge in [-0.3, -0.25) is 0 Å². The van der Waals surface area contributed by atoms with Crippen LogP contribution in [0.3, 0.4) is 0 Å². The van der Waals surface area contributed by atoms with Gasteiger partial charge in [-0.1, -0.05) is 12.8 Å². The summed E-state index contributed by atoms with van der Waals surface area (Å²) in [6, 6.07) is 0. The minimum atomic E-state index is -0.735. The lowest BCUT2D eigenvalue weighted by molar-refractivity contribution is 0.126. The Kier molecular flexibility index (Phi) is 2.34. The highest BCUT2D eigenvalue weighted by atomic mass is 16.5. The molecule has 0 bridgehead atoms. The molecule has 1 amide bonds. The van der Waals surface area contributed by atoms with Crippen LogP contribution in [0.4, 0.5) is 4.79 Å². The molecule has 0 spiro atoms. The van der Waals surface area contributed by atoms with Gasteiger partial charge in [-0.15, -0.1) is 0 Å². The van der Waals surface area contributed by atoms with Crippen molar-refractivity contribution >= 4 is 6.09 Å². The van der Waals surface area contributed by atoms with E-state index in [1.54, 1.807) is 0 Å². The maximum atomic E-state index is 10.2. The fourth-order valence-electron chi connectivity index (χ4n) is 1.44. The largest absolute Gasteiger partial charge is 0.448 e. The molecule has 0 aromatic heterocycles. The minimum absolute atomic E-state index is 0.266.